The van der Waals surface area contributed by atoms with E-state index >= 15 is 0 Å². The van der Waals surface area contributed by atoms with Crippen LogP contribution in [-0.4, -0.2) is 31.1 Å². The molecule has 138 valence electrons. The van der Waals surface area contributed by atoms with E-state index in [0.717, 1.165) is 12.1 Å². The van der Waals surface area contributed by atoms with Crippen molar-refractivity contribution in [2.45, 2.75) is 19.4 Å². The van der Waals surface area contributed by atoms with Gasteiger partial charge in [-0.05, 0) is 42.3 Å². The fraction of sp³-hybridized carbons (Fsp3) is 0.316. The highest BCUT2D eigenvalue weighted by molar-refractivity contribution is 6.32. The number of rotatable bonds is 4. The minimum atomic E-state index is -0.936. The molecule has 1 aliphatic rings. The molecule has 2 aromatic carbocycles. The first kappa shape index (κ1) is 18.5. The minimum Gasteiger partial charge on any atom is -0.486 e. The van der Waals surface area contributed by atoms with Crippen molar-refractivity contribution in [3.63, 3.8) is 0 Å². The Morgan fingerprint density at radius 2 is 1.92 bits per heavy atom. The Hall–Kier alpha value is -2.34. The molecule has 0 saturated carbocycles. The molecule has 1 atom stereocenters. The van der Waals surface area contributed by atoms with Crippen LogP contribution in [0.3, 0.4) is 0 Å². The van der Waals surface area contributed by atoms with E-state index in [9.17, 15) is 13.6 Å². The van der Waals surface area contributed by atoms with Gasteiger partial charge in [-0.15, -0.1) is 0 Å². The van der Waals surface area contributed by atoms with Gasteiger partial charge in [0.1, 0.15) is 13.2 Å². The van der Waals surface area contributed by atoms with Crippen molar-refractivity contribution >= 4 is 17.5 Å². The van der Waals surface area contributed by atoms with E-state index in [0.29, 0.717) is 40.9 Å². The molecule has 1 heterocycles. The van der Waals surface area contributed by atoms with Crippen LogP contribution in [0.1, 0.15) is 24.1 Å². The van der Waals surface area contributed by atoms with Crippen molar-refractivity contribution in [2.75, 3.05) is 20.3 Å². The second-order valence-corrected chi connectivity index (χ2v) is 6.54. The van der Waals surface area contributed by atoms with E-state index in [1.54, 1.807) is 26.1 Å². The normalized spacial score (nSPS) is 14.0. The van der Waals surface area contributed by atoms with E-state index in [1.807, 2.05) is 0 Å². The third-order valence-corrected chi connectivity index (χ3v) is 4.69. The van der Waals surface area contributed by atoms with Crippen LogP contribution in [0.4, 0.5) is 8.78 Å². The Morgan fingerprint density at radius 3 is 2.65 bits per heavy atom. The maximum atomic E-state index is 13.4. The summed E-state index contributed by atoms with van der Waals surface area (Å²) in [4.78, 5) is 14.1. The van der Waals surface area contributed by atoms with Crippen LogP contribution in [-0.2, 0) is 11.2 Å². The van der Waals surface area contributed by atoms with Crippen LogP contribution in [0.5, 0.6) is 11.5 Å². The van der Waals surface area contributed by atoms with Gasteiger partial charge in [-0.25, -0.2) is 8.78 Å². The van der Waals surface area contributed by atoms with Crippen LogP contribution >= 0.6 is 11.6 Å². The highest BCUT2D eigenvalue weighted by Crippen LogP contribution is 2.38. The lowest BCUT2D eigenvalue weighted by molar-refractivity contribution is -0.131. The minimum absolute atomic E-state index is 0.0981. The van der Waals surface area contributed by atoms with E-state index in [-0.39, 0.29) is 12.3 Å². The number of ether oxygens (including phenoxy) is 2. The summed E-state index contributed by atoms with van der Waals surface area (Å²) in [5.41, 5.74) is 1.20. The molecule has 0 bridgehead atoms. The van der Waals surface area contributed by atoms with Gasteiger partial charge in [0, 0.05) is 7.05 Å². The van der Waals surface area contributed by atoms with Crippen LogP contribution in [0.15, 0.2) is 30.3 Å². The van der Waals surface area contributed by atoms with Gasteiger partial charge in [-0.1, -0.05) is 17.7 Å². The molecule has 1 unspecified atom stereocenters. The predicted molar refractivity (Wildman–Crippen MR) is 93.7 cm³/mol. The molecule has 0 radical (unpaired) electrons. The lowest BCUT2D eigenvalue weighted by Gasteiger charge is -2.26. The summed E-state index contributed by atoms with van der Waals surface area (Å²) in [6.45, 7) is 2.61. The maximum Gasteiger partial charge on any atom is 0.227 e. The Balaban J connectivity index is 1.74. The molecule has 3 rings (SSSR count). The number of likely N-dealkylation sites (N-methyl/N-ethyl adjacent to an activating group) is 1. The molecule has 2 aromatic rings. The molecule has 26 heavy (non-hydrogen) atoms. The average Bonchev–Trinajstić information content (AvgIpc) is 2.62. The first-order valence-electron chi connectivity index (χ1n) is 8.15. The first-order valence-corrected chi connectivity index (χ1v) is 8.53. The zero-order chi connectivity index (χ0) is 18.8. The Morgan fingerprint density at radius 1 is 1.19 bits per heavy atom. The molecular formula is C19H18ClF2NO3. The van der Waals surface area contributed by atoms with E-state index in [2.05, 4.69) is 0 Å². The third-order valence-electron chi connectivity index (χ3n) is 4.41. The molecule has 0 aliphatic carbocycles. The lowest BCUT2D eigenvalue weighted by Crippen LogP contribution is -2.31. The van der Waals surface area contributed by atoms with Crippen LogP contribution in [0, 0.1) is 11.6 Å². The number of hydrogen-bond acceptors (Lipinski definition) is 3. The van der Waals surface area contributed by atoms with Crippen LogP contribution in [0.2, 0.25) is 5.02 Å². The molecular weight excluding hydrogens is 364 g/mol. The number of fused-ring (bicyclic) bond motifs is 1. The average molecular weight is 382 g/mol. The number of hydrogen-bond donors (Lipinski definition) is 0. The number of carbonyl (C=O) groups is 1. The standard InChI is InChI=1S/C19H18ClF2NO3/c1-11(13-3-4-15(21)16(22)10-13)23(2)18(24)9-12-7-14(20)19-17(8-12)25-5-6-26-19/h3-4,7-8,10-11H,5-6,9H2,1-2H3. The zero-order valence-corrected chi connectivity index (χ0v) is 15.1. The Bertz CT molecular complexity index is 844. The van der Waals surface area contributed by atoms with Crippen molar-refractivity contribution < 1.29 is 23.0 Å². The highest BCUT2D eigenvalue weighted by atomic mass is 35.5. The smallest absolute Gasteiger partial charge is 0.227 e. The van der Waals surface area contributed by atoms with Gasteiger partial charge < -0.3 is 14.4 Å². The lowest BCUT2D eigenvalue weighted by atomic mass is 10.1. The molecule has 0 aromatic heterocycles. The monoisotopic (exact) mass is 381 g/mol. The summed E-state index contributed by atoms with van der Waals surface area (Å²) in [7, 11) is 1.62. The first-order chi connectivity index (χ1) is 12.4. The summed E-state index contributed by atoms with van der Waals surface area (Å²) in [6, 6.07) is 6.61. The quantitative estimate of drug-likeness (QED) is 0.798. The molecule has 1 aliphatic heterocycles. The van der Waals surface area contributed by atoms with Crippen molar-refractivity contribution in [1.82, 2.24) is 4.90 Å². The van der Waals surface area contributed by atoms with E-state index < -0.39 is 17.7 Å². The molecule has 7 heteroatoms. The summed E-state index contributed by atoms with van der Waals surface area (Å²) in [5.74, 6) is -1.04. The Labute approximate surface area is 155 Å². The summed E-state index contributed by atoms with van der Waals surface area (Å²) >= 11 is 6.19. The van der Waals surface area contributed by atoms with Gasteiger partial charge in [0.2, 0.25) is 5.91 Å². The fourth-order valence-corrected chi connectivity index (χ4v) is 3.07. The number of halogens is 3. The molecule has 0 spiro atoms. The third kappa shape index (κ3) is 3.75. The second-order valence-electron chi connectivity index (χ2n) is 6.13. The largest absolute Gasteiger partial charge is 0.486 e. The van der Waals surface area contributed by atoms with Crippen LogP contribution < -0.4 is 9.47 Å². The predicted octanol–water partition coefficient (Wildman–Crippen LogP) is 4.15. The van der Waals surface area contributed by atoms with Crippen molar-refractivity contribution in [1.29, 1.82) is 0 Å². The van der Waals surface area contributed by atoms with Crippen molar-refractivity contribution in [2.24, 2.45) is 0 Å². The molecule has 0 N–H and O–H groups in total. The fourth-order valence-electron chi connectivity index (χ4n) is 2.78. The number of amides is 1. The molecule has 0 fully saturated rings. The number of benzene rings is 2. The van der Waals surface area contributed by atoms with Gasteiger partial charge in [-0.2, -0.15) is 0 Å². The number of nitrogens with zero attached hydrogens (tertiary/aromatic N) is 1. The molecule has 4 nitrogen and oxygen atoms in total. The summed E-state index contributed by atoms with van der Waals surface area (Å²) in [5, 5.41) is 0.390. The maximum absolute atomic E-state index is 13.4. The van der Waals surface area contributed by atoms with Gasteiger partial charge in [0.25, 0.3) is 0 Å². The van der Waals surface area contributed by atoms with Crippen molar-refractivity contribution in [3.05, 3.63) is 58.1 Å². The summed E-state index contributed by atoms with van der Waals surface area (Å²) in [6.07, 6.45) is 0.0981. The van der Waals surface area contributed by atoms with Gasteiger partial charge in [-0.3, -0.25) is 4.79 Å². The van der Waals surface area contributed by atoms with Crippen LogP contribution in [0.25, 0.3) is 0 Å². The zero-order valence-electron chi connectivity index (χ0n) is 14.4. The number of carbonyl (C=O) groups excluding carboxylic acids is 1. The Kier molecular flexibility index (Phi) is 5.32. The van der Waals surface area contributed by atoms with Gasteiger partial charge in [0.05, 0.1) is 17.5 Å². The SMILES string of the molecule is CC(c1ccc(F)c(F)c1)N(C)C(=O)Cc1cc(Cl)c2c(c1)OCCO2. The second kappa shape index (κ2) is 7.50. The van der Waals surface area contributed by atoms with E-state index in [4.69, 9.17) is 21.1 Å². The highest BCUT2D eigenvalue weighted by Gasteiger charge is 2.21. The van der Waals surface area contributed by atoms with Gasteiger partial charge in [0.15, 0.2) is 23.1 Å². The molecule has 0 saturated heterocycles. The topological polar surface area (TPSA) is 38.8 Å². The molecule has 1 amide bonds. The van der Waals surface area contributed by atoms with Crippen molar-refractivity contribution in [3.8, 4) is 11.5 Å². The van der Waals surface area contributed by atoms with E-state index in [1.165, 1.54) is 11.0 Å². The van der Waals surface area contributed by atoms with Gasteiger partial charge >= 0.3 is 0 Å². The summed E-state index contributed by atoms with van der Waals surface area (Å²) < 4.78 is 37.5.